The highest BCUT2D eigenvalue weighted by Gasteiger charge is 2.29. The highest BCUT2D eigenvalue weighted by atomic mass is 32.2. The van der Waals surface area contributed by atoms with Gasteiger partial charge in [-0.3, -0.25) is 0 Å². The summed E-state index contributed by atoms with van der Waals surface area (Å²) >= 11 is 1.22. The fourth-order valence-electron chi connectivity index (χ4n) is 4.78. The molecule has 1 aliphatic carbocycles. The lowest BCUT2D eigenvalue weighted by molar-refractivity contribution is 0.0691. The number of halogens is 1. The van der Waals surface area contributed by atoms with E-state index in [1.165, 1.54) is 22.8 Å². The topological polar surface area (TPSA) is 111 Å². The van der Waals surface area contributed by atoms with Crippen LogP contribution >= 0.6 is 11.3 Å². The zero-order chi connectivity index (χ0) is 27.8. The molecule has 1 aliphatic rings. The predicted octanol–water partition coefficient (Wildman–Crippen LogP) is 6.02. The van der Waals surface area contributed by atoms with Crippen molar-refractivity contribution in [1.82, 2.24) is 14.8 Å². The number of aromatic carboxylic acids is 1. The van der Waals surface area contributed by atoms with Crippen LogP contribution in [0.25, 0.3) is 27.5 Å². The monoisotopic (exact) mass is 572 g/mol. The first-order chi connectivity index (χ1) is 19.4. The molecule has 1 saturated carbocycles. The number of hydrogen-bond donors (Lipinski definition) is 2. The van der Waals surface area contributed by atoms with Crippen LogP contribution in [0.1, 0.15) is 40.2 Å². The molecule has 10 heteroatoms. The molecule has 2 heterocycles. The van der Waals surface area contributed by atoms with Crippen LogP contribution in [0.15, 0.2) is 83.1 Å². The summed E-state index contributed by atoms with van der Waals surface area (Å²) in [5.41, 5.74) is 5.54. The lowest BCUT2D eigenvalue weighted by Gasteiger charge is -2.10. The minimum Gasteiger partial charge on any atom is -0.476 e. The fraction of sp³-hybridized carbons (Fsp3) is 0.167. The average molecular weight is 573 g/mol. The van der Waals surface area contributed by atoms with Gasteiger partial charge in [0, 0.05) is 28.5 Å². The van der Waals surface area contributed by atoms with Crippen molar-refractivity contribution in [2.24, 2.45) is 11.1 Å². The van der Waals surface area contributed by atoms with Gasteiger partial charge in [0.05, 0.1) is 16.3 Å². The number of carboxylic acids is 1. The van der Waals surface area contributed by atoms with Gasteiger partial charge in [-0.05, 0) is 66.6 Å². The quantitative estimate of drug-likeness (QED) is 0.224. The summed E-state index contributed by atoms with van der Waals surface area (Å²) in [5, 5.41) is 22.0. The first-order valence-electron chi connectivity index (χ1n) is 12.8. The van der Waals surface area contributed by atoms with Gasteiger partial charge in [0.15, 0.2) is 5.69 Å². The second kappa shape index (κ2) is 10.9. The molecule has 3 aromatic carbocycles. The maximum absolute atomic E-state index is 15.0. The number of hydrogen-bond acceptors (Lipinski definition) is 5. The Balaban J connectivity index is 1.53. The molecule has 2 aromatic heterocycles. The van der Waals surface area contributed by atoms with Gasteiger partial charge in [-0.2, -0.15) is 5.10 Å². The predicted molar refractivity (Wildman–Crippen MR) is 153 cm³/mol. The number of rotatable bonds is 9. The largest absolute Gasteiger partial charge is 0.476 e. The highest BCUT2D eigenvalue weighted by Crippen LogP contribution is 2.39. The van der Waals surface area contributed by atoms with Gasteiger partial charge in [0.25, 0.3) is 0 Å². The lowest BCUT2D eigenvalue weighted by atomic mass is 9.95. The van der Waals surface area contributed by atoms with Crippen LogP contribution in [0, 0.1) is 11.7 Å². The van der Waals surface area contributed by atoms with E-state index in [2.05, 4.69) is 4.98 Å². The Morgan fingerprint density at radius 2 is 1.82 bits per heavy atom. The molecule has 6 rings (SSSR count). The van der Waals surface area contributed by atoms with E-state index >= 15 is 4.39 Å². The Morgan fingerprint density at radius 3 is 2.48 bits per heavy atom. The molecule has 1 fully saturated rings. The molecule has 7 nitrogen and oxygen atoms in total. The fourth-order valence-corrected chi connectivity index (χ4v) is 5.96. The maximum atomic E-state index is 15.0. The normalized spacial score (nSPS) is 13.8. The molecule has 0 bridgehead atoms. The molecule has 0 spiro atoms. The third-order valence-corrected chi connectivity index (χ3v) is 8.58. The number of thiazole rings is 1. The highest BCUT2D eigenvalue weighted by molar-refractivity contribution is 7.82. The molecule has 0 saturated heterocycles. The van der Waals surface area contributed by atoms with Crippen LogP contribution in [0.2, 0.25) is 0 Å². The van der Waals surface area contributed by atoms with Crippen molar-refractivity contribution in [2.45, 2.75) is 30.6 Å². The van der Waals surface area contributed by atoms with E-state index in [9.17, 15) is 14.1 Å². The number of aromatic nitrogens is 3. The van der Waals surface area contributed by atoms with Gasteiger partial charge in [-0.1, -0.05) is 42.5 Å². The average Bonchev–Trinajstić information content (AvgIpc) is 3.52. The molecule has 3 N–H and O–H groups in total. The van der Waals surface area contributed by atoms with E-state index in [1.54, 1.807) is 22.9 Å². The molecule has 5 aromatic rings. The first-order valence-corrected chi connectivity index (χ1v) is 14.9. The van der Waals surface area contributed by atoms with Gasteiger partial charge in [0.2, 0.25) is 5.13 Å². The van der Waals surface area contributed by atoms with Gasteiger partial charge in [-0.25, -0.2) is 28.2 Å². The summed E-state index contributed by atoms with van der Waals surface area (Å²) in [4.78, 5) is 16.5. The smallest absolute Gasteiger partial charge is 0.355 e. The van der Waals surface area contributed by atoms with Crippen molar-refractivity contribution in [1.29, 1.82) is 0 Å². The van der Waals surface area contributed by atoms with Gasteiger partial charge in [0.1, 0.15) is 16.8 Å². The van der Waals surface area contributed by atoms with E-state index in [4.69, 9.17) is 10.2 Å². The Kier molecular flexibility index (Phi) is 7.14. The number of carbonyl (C=O) groups is 1. The van der Waals surface area contributed by atoms with Crippen molar-refractivity contribution in [3.05, 3.63) is 107 Å². The third-order valence-electron chi connectivity index (χ3n) is 7.02. The van der Waals surface area contributed by atoms with Crippen molar-refractivity contribution >= 4 is 28.3 Å². The first kappa shape index (κ1) is 26.2. The summed E-state index contributed by atoms with van der Waals surface area (Å²) in [6, 6.07) is 21.7. The molecule has 0 amide bonds. The van der Waals surface area contributed by atoms with E-state index in [0.29, 0.717) is 33.6 Å². The molecule has 0 radical (unpaired) electrons. The summed E-state index contributed by atoms with van der Waals surface area (Å²) in [6.45, 7) is 0. The van der Waals surface area contributed by atoms with Crippen LogP contribution in [-0.4, -0.2) is 30.0 Å². The molecule has 202 valence electrons. The van der Waals surface area contributed by atoms with Gasteiger partial charge < -0.3 is 5.11 Å². The van der Waals surface area contributed by atoms with Crippen molar-refractivity contribution in [3.8, 4) is 27.5 Å². The zero-order valence-electron chi connectivity index (χ0n) is 21.3. The Morgan fingerprint density at radius 1 is 1.07 bits per heavy atom. The number of benzene rings is 3. The van der Waals surface area contributed by atoms with Crippen LogP contribution in [0.5, 0.6) is 0 Å². The lowest BCUT2D eigenvalue weighted by Crippen LogP contribution is -2.06. The third kappa shape index (κ3) is 5.38. The van der Waals surface area contributed by atoms with E-state index < -0.39 is 17.0 Å². The van der Waals surface area contributed by atoms with E-state index in [-0.39, 0.29) is 11.5 Å². The number of nitrogens with zero attached hydrogens (tertiary/aromatic N) is 3. The molecular formula is C30H25FN4O3S2. The number of nitrogens with two attached hydrogens (primary N) is 1. The summed E-state index contributed by atoms with van der Waals surface area (Å²) < 4.78 is 28.5. The molecule has 0 aliphatic heterocycles. The van der Waals surface area contributed by atoms with Crippen LogP contribution in [-0.2, 0) is 23.8 Å². The van der Waals surface area contributed by atoms with Crippen molar-refractivity contribution in [3.63, 3.8) is 0 Å². The summed E-state index contributed by atoms with van der Waals surface area (Å²) in [7, 11) is -1.57. The standard InChI is InChI=1S/C30H25FN4O3S2/c31-25-13-10-21(16-23(25)20-4-2-1-3-5-20)28-24(14-18-8-11-22(12-9-18)40(32)38)27(15-19-6-7-19)35(34-28)30-33-26(17-39-30)29(36)37/h1-5,8-13,16-17,19H,6-7,14-15,32H2,(H,36,37). The minimum absolute atomic E-state index is 0.0329. The number of carboxylic acid groups (broad SMARTS) is 1. The SMILES string of the molecule is NS(=O)c1ccc(Cc2c(-c3ccc(F)c(-c4ccccc4)c3)nn(-c3nc(C(=O)O)cs3)c2CC2CC2)cc1. The molecule has 40 heavy (non-hydrogen) atoms. The minimum atomic E-state index is -1.57. The van der Waals surface area contributed by atoms with E-state index in [1.807, 2.05) is 48.5 Å². The Bertz CT molecular complexity index is 1730. The van der Waals surface area contributed by atoms with Gasteiger partial charge in [-0.15, -0.1) is 11.3 Å². The van der Waals surface area contributed by atoms with Crippen LogP contribution in [0.3, 0.4) is 0 Å². The summed E-state index contributed by atoms with van der Waals surface area (Å²) in [6.07, 6.45) is 3.51. The molecule has 1 unspecified atom stereocenters. The molecular weight excluding hydrogens is 547 g/mol. The zero-order valence-corrected chi connectivity index (χ0v) is 22.9. The second-order valence-corrected chi connectivity index (χ2v) is 11.7. The molecule has 1 atom stereocenters. The Labute approximate surface area is 236 Å². The summed E-state index contributed by atoms with van der Waals surface area (Å²) in [5.74, 6) is -0.913. The van der Waals surface area contributed by atoms with Crippen LogP contribution in [0.4, 0.5) is 4.39 Å². The van der Waals surface area contributed by atoms with Gasteiger partial charge >= 0.3 is 5.97 Å². The van der Waals surface area contributed by atoms with Crippen molar-refractivity contribution in [2.75, 3.05) is 0 Å². The van der Waals surface area contributed by atoms with Crippen LogP contribution < -0.4 is 5.14 Å². The van der Waals surface area contributed by atoms with Crippen molar-refractivity contribution < 1.29 is 18.5 Å². The Hall–Kier alpha value is -3.99. The van der Waals surface area contributed by atoms with E-state index in [0.717, 1.165) is 47.2 Å². The maximum Gasteiger partial charge on any atom is 0.355 e. The second-order valence-electron chi connectivity index (χ2n) is 9.83.